The van der Waals surface area contributed by atoms with Crippen molar-refractivity contribution in [3.05, 3.63) is 65.9 Å². The van der Waals surface area contributed by atoms with Gasteiger partial charge < -0.3 is 9.72 Å². The van der Waals surface area contributed by atoms with Crippen LogP contribution in [0.15, 0.2) is 48.7 Å². The normalized spacial score (nSPS) is 16.5. The van der Waals surface area contributed by atoms with Gasteiger partial charge in [-0.25, -0.2) is 14.2 Å². The van der Waals surface area contributed by atoms with E-state index in [0.717, 1.165) is 35.2 Å². The topological polar surface area (TPSA) is 58.2 Å². The maximum Gasteiger partial charge on any atom is 0.410 e. The number of benzene rings is 2. The van der Waals surface area contributed by atoms with Crippen LogP contribution in [0.2, 0.25) is 0 Å². The largest absolute Gasteiger partial charge is 0.444 e. The SMILES string of the molecule is Cc1c(F)cc(-c2cnc([C@@H]3CCCN3C(=O)OC(C)(C)C)[nH]2)cc1-c1ccccc1. The molecule has 2 aromatic carbocycles. The molecule has 0 aliphatic carbocycles. The number of carbonyl (C=O) groups is 1. The Balaban J connectivity index is 1.63. The number of hydrogen-bond donors (Lipinski definition) is 1. The van der Waals surface area contributed by atoms with E-state index in [2.05, 4.69) is 9.97 Å². The third-order valence-electron chi connectivity index (χ3n) is 5.53. The third-order valence-corrected chi connectivity index (χ3v) is 5.53. The summed E-state index contributed by atoms with van der Waals surface area (Å²) in [4.78, 5) is 22.2. The van der Waals surface area contributed by atoms with E-state index in [-0.39, 0.29) is 18.0 Å². The molecule has 1 aliphatic rings. The summed E-state index contributed by atoms with van der Waals surface area (Å²) in [6, 6.07) is 13.1. The summed E-state index contributed by atoms with van der Waals surface area (Å²) in [5.74, 6) is 0.435. The van der Waals surface area contributed by atoms with Crippen LogP contribution < -0.4 is 0 Å². The van der Waals surface area contributed by atoms with E-state index < -0.39 is 5.60 Å². The molecule has 0 unspecified atom stereocenters. The molecule has 0 bridgehead atoms. The van der Waals surface area contributed by atoms with E-state index in [0.29, 0.717) is 17.9 Å². The van der Waals surface area contributed by atoms with Crippen molar-refractivity contribution in [2.24, 2.45) is 0 Å². The zero-order chi connectivity index (χ0) is 22.2. The van der Waals surface area contributed by atoms with Gasteiger partial charge in [0.05, 0.1) is 17.9 Å². The second-order valence-corrected chi connectivity index (χ2v) is 9.01. The van der Waals surface area contributed by atoms with Crippen LogP contribution in [0.5, 0.6) is 0 Å². The fourth-order valence-corrected chi connectivity index (χ4v) is 3.99. The number of ether oxygens (including phenoxy) is 1. The summed E-state index contributed by atoms with van der Waals surface area (Å²) < 4.78 is 20.3. The number of aromatic amines is 1. The molecule has 0 saturated carbocycles. The summed E-state index contributed by atoms with van der Waals surface area (Å²) in [5, 5.41) is 0. The Hall–Kier alpha value is -3.15. The van der Waals surface area contributed by atoms with Crippen molar-refractivity contribution in [1.82, 2.24) is 14.9 Å². The Kier molecular flexibility index (Phi) is 5.56. The van der Waals surface area contributed by atoms with Crippen molar-refractivity contribution in [3.63, 3.8) is 0 Å². The number of nitrogens with zero attached hydrogens (tertiary/aromatic N) is 2. The first-order chi connectivity index (χ1) is 14.7. The van der Waals surface area contributed by atoms with Gasteiger partial charge in [0.1, 0.15) is 17.2 Å². The fraction of sp³-hybridized carbons (Fsp3) is 0.360. The van der Waals surface area contributed by atoms with Gasteiger partial charge in [0.2, 0.25) is 0 Å². The number of amides is 1. The fourth-order valence-electron chi connectivity index (χ4n) is 3.99. The molecule has 2 heterocycles. The zero-order valence-electron chi connectivity index (χ0n) is 18.4. The second kappa shape index (κ2) is 8.17. The minimum Gasteiger partial charge on any atom is -0.444 e. The minimum atomic E-state index is -0.550. The van der Waals surface area contributed by atoms with E-state index in [1.165, 1.54) is 6.07 Å². The Morgan fingerprint density at radius 2 is 1.94 bits per heavy atom. The Bertz CT molecular complexity index is 1090. The molecule has 1 aliphatic heterocycles. The number of nitrogens with one attached hydrogen (secondary N) is 1. The summed E-state index contributed by atoms with van der Waals surface area (Å²) >= 11 is 0. The number of halogens is 1. The van der Waals surface area contributed by atoms with Gasteiger partial charge in [-0.15, -0.1) is 0 Å². The van der Waals surface area contributed by atoms with Gasteiger partial charge in [0.15, 0.2) is 0 Å². The molecule has 31 heavy (non-hydrogen) atoms. The van der Waals surface area contributed by atoms with Crippen molar-refractivity contribution in [2.75, 3.05) is 6.54 Å². The van der Waals surface area contributed by atoms with Crippen molar-refractivity contribution in [2.45, 2.75) is 52.2 Å². The lowest BCUT2D eigenvalue weighted by Gasteiger charge is -2.27. The monoisotopic (exact) mass is 421 g/mol. The van der Waals surface area contributed by atoms with Crippen molar-refractivity contribution in [3.8, 4) is 22.4 Å². The molecule has 6 heteroatoms. The highest BCUT2D eigenvalue weighted by atomic mass is 19.1. The molecule has 0 radical (unpaired) electrons. The van der Waals surface area contributed by atoms with Crippen LogP contribution in [0, 0.1) is 12.7 Å². The molecule has 0 spiro atoms. The standard InChI is InChI=1S/C25H28FN3O2/c1-16-19(17-9-6-5-7-10-17)13-18(14-20(16)26)21-15-27-23(28-21)22-11-8-12-29(22)24(30)31-25(2,3)4/h5-7,9-10,13-15,22H,8,11-12H2,1-4H3,(H,27,28)/t22-/m0/s1. The number of H-pyrrole nitrogens is 1. The van der Waals surface area contributed by atoms with Crippen LogP contribution in [0.4, 0.5) is 9.18 Å². The first-order valence-electron chi connectivity index (χ1n) is 10.6. The van der Waals surface area contributed by atoms with Crippen molar-refractivity contribution in [1.29, 1.82) is 0 Å². The maximum atomic E-state index is 14.7. The summed E-state index contributed by atoms with van der Waals surface area (Å²) in [6.07, 6.45) is 3.07. The molecule has 1 saturated heterocycles. The van der Waals surface area contributed by atoms with Crippen LogP contribution in [0.3, 0.4) is 0 Å². The van der Waals surface area contributed by atoms with E-state index in [9.17, 15) is 9.18 Å². The highest BCUT2D eigenvalue weighted by Crippen LogP contribution is 2.34. The average molecular weight is 422 g/mol. The Morgan fingerprint density at radius 1 is 1.19 bits per heavy atom. The summed E-state index contributed by atoms with van der Waals surface area (Å²) in [5.41, 5.74) is 3.33. The van der Waals surface area contributed by atoms with E-state index in [4.69, 9.17) is 4.74 Å². The maximum absolute atomic E-state index is 14.7. The van der Waals surface area contributed by atoms with E-state index in [1.54, 1.807) is 18.0 Å². The van der Waals surface area contributed by atoms with Gasteiger partial charge in [0, 0.05) is 12.1 Å². The van der Waals surface area contributed by atoms with Crippen LogP contribution in [-0.4, -0.2) is 33.1 Å². The first kappa shape index (κ1) is 21.1. The van der Waals surface area contributed by atoms with Crippen LogP contribution >= 0.6 is 0 Å². The Morgan fingerprint density at radius 3 is 2.65 bits per heavy atom. The lowest BCUT2D eigenvalue weighted by molar-refractivity contribution is 0.0218. The van der Waals surface area contributed by atoms with Crippen LogP contribution in [0.1, 0.15) is 51.0 Å². The highest BCUT2D eigenvalue weighted by Gasteiger charge is 2.34. The number of hydrogen-bond acceptors (Lipinski definition) is 3. The number of aromatic nitrogens is 2. The smallest absolute Gasteiger partial charge is 0.410 e. The van der Waals surface area contributed by atoms with Crippen molar-refractivity contribution >= 4 is 6.09 Å². The lowest BCUT2D eigenvalue weighted by Crippen LogP contribution is -2.36. The zero-order valence-corrected chi connectivity index (χ0v) is 18.4. The molecule has 1 N–H and O–H groups in total. The predicted molar refractivity (Wildman–Crippen MR) is 119 cm³/mol. The molecule has 1 fully saturated rings. The van der Waals surface area contributed by atoms with E-state index in [1.807, 2.05) is 57.2 Å². The molecule has 1 amide bonds. The quantitative estimate of drug-likeness (QED) is 0.543. The van der Waals surface area contributed by atoms with Gasteiger partial charge in [-0.2, -0.15) is 0 Å². The van der Waals surface area contributed by atoms with Crippen molar-refractivity contribution < 1.29 is 13.9 Å². The van der Waals surface area contributed by atoms with Gasteiger partial charge in [-0.1, -0.05) is 30.3 Å². The van der Waals surface area contributed by atoms with Gasteiger partial charge in [-0.3, -0.25) is 4.90 Å². The first-order valence-corrected chi connectivity index (χ1v) is 10.6. The minimum absolute atomic E-state index is 0.174. The van der Waals surface area contributed by atoms with E-state index >= 15 is 0 Å². The highest BCUT2D eigenvalue weighted by molar-refractivity contribution is 5.74. The number of rotatable bonds is 3. The molecule has 1 aromatic heterocycles. The Labute approximate surface area is 182 Å². The van der Waals surface area contributed by atoms with Gasteiger partial charge in [-0.05, 0) is 69.4 Å². The van der Waals surface area contributed by atoms with Crippen LogP contribution in [0.25, 0.3) is 22.4 Å². The predicted octanol–water partition coefficient (Wildman–Crippen LogP) is 6.26. The summed E-state index contributed by atoms with van der Waals surface area (Å²) in [6.45, 7) is 8.00. The molecule has 3 aromatic rings. The number of likely N-dealkylation sites (tertiary alicyclic amines) is 1. The van der Waals surface area contributed by atoms with Crippen LogP contribution in [-0.2, 0) is 4.74 Å². The third kappa shape index (κ3) is 4.48. The number of imidazole rings is 1. The molecular formula is C25H28FN3O2. The lowest BCUT2D eigenvalue weighted by atomic mass is 9.97. The molecule has 1 atom stereocenters. The van der Waals surface area contributed by atoms with Gasteiger partial charge in [0.25, 0.3) is 0 Å². The molecular weight excluding hydrogens is 393 g/mol. The summed E-state index contributed by atoms with van der Waals surface area (Å²) in [7, 11) is 0. The average Bonchev–Trinajstić information content (AvgIpc) is 3.38. The number of carbonyl (C=O) groups excluding carboxylic acids is 1. The molecule has 5 nitrogen and oxygen atoms in total. The second-order valence-electron chi connectivity index (χ2n) is 9.01. The van der Waals surface area contributed by atoms with Gasteiger partial charge >= 0.3 is 6.09 Å². The molecule has 4 rings (SSSR count). The molecule has 162 valence electrons.